The summed E-state index contributed by atoms with van der Waals surface area (Å²) >= 11 is 1.23. The minimum Gasteiger partial charge on any atom is -0.335 e. The van der Waals surface area contributed by atoms with Crippen LogP contribution >= 0.6 is 11.3 Å². The molecule has 2 aromatic heterocycles. The zero-order valence-electron chi connectivity index (χ0n) is 9.48. The zero-order chi connectivity index (χ0) is 12.2. The number of nitrogens with one attached hydrogen (secondary N) is 1. The van der Waals surface area contributed by atoms with Gasteiger partial charge in [-0.05, 0) is 37.1 Å². The lowest BCUT2D eigenvalue weighted by atomic mass is 10.1. The van der Waals surface area contributed by atoms with E-state index in [1.807, 2.05) is 26.0 Å². The van der Waals surface area contributed by atoms with Crippen LogP contribution in [0, 0.1) is 19.3 Å². The van der Waals surface area contributed by atoms with Crippen LogP contribution in [0.4, 0.5) is 0 Å². The van der Waals surface area contributed by atoms with Gasteiger partial charge in [0.1, 0.15) is 0 Å². The van der Waals surface area contributed by atoms with Gasteiger partial charge in [0.15, 0.2) is 10.5 Å². The molecule has 5 nitrogen and oxygen atoms in total. The highest BCUT2D eigenvalue weighted by Gasteiger charge is 2.08. The summed E-state index contributed by atoms with van der Waals surface area (Å²) in [6.07, 6.45) is 0. The van der Waals surface area contributed by atoms with Gasteiger partial charge in [-0.15, -0.1) is 0 Å². The standard InChI is InChI=1S/C11H11N5S/c1-5-3-7-8(4-6(5)2)15-10-9(14-7)16(13)11(12)17-10/h3-4,12H,13H2,1-2H3. The van der Waals surface area contributed by atoms with Crippen LogP contribution in [0.15, 0.2) is 12.1 Å². The topological polar surface area (TPSA) is 80.6 Å². The predicted octanol–water partition coefficient (Wildman–Crippen LogP) is 1.46. The Morgan fingerprint density at radius 2 is 1.76 bits per heavy atom. The third-order valence-corrected chi connectivity index (χ3v) is 3.73. The lowest BCUT2D eigenvalue weighted by Crippen LogP contribution is -2.21. The number of aryl methyl sites for hydroxylation is 2. The van der Waals surface area contributed by atoms with Crippen molar-refractivity contribution >= 4 is 32.8 Å². The Hall–Kier alpha value is -1.95. The van der Waals surface area contributed by atoms with Gasteiger partial charge in [-0.2, -0.15) is 0 Å². The first-order valence-electron chi connectivity index (χ1n) is 5.16. The number of hydrogen-bond acceptors (Lipinski definition) is 5. The molecule has 0 saturated carbocycles. The number of nitrogens with zero attached hydrogens (tertiary/aromatic N) is 3. The number of aromatic nitrogens is 3. The molecule has 6 heteroatoms. The van der Waals surface area contributed by atoms with E-state index in [9.17, 15) is 0 Å². The fourth-order valence-electron chi connectivity index (χ4n) is 1.75. The summed E-state index contributed by atoms with van der Waals surface area (Å²) in [6, 6.07) is 4.01. The highest BCUT2D eigenvalue weighted by molar-refractivity contribution is 7.15. The Morgan fingerprint density at radius 1 is 1.18 bits per heavy atom. The first-order valence-corrected chi connectivity index (χ1v) is 5.98. The second-order valence-corrected chi connectivity index (χ2v) is 5.03. The number of thiazole rings is 1. The summed E-state index contributed by atoms with van der Waals surface area (Å²) in [5.41, 5.74) is 4.60. The molecule has 1 aromatic carbocycles. The van der Waals surface area contributed by atoms with Gasteiger partial charge in [0.2, 0.25) is 4.80 Å². The number of rotatable bonds is 0. The molecule has 3 N–H and O–H groups in total. The molecule has 0 saturated heterocycles. The summed E-state index contributed by atoms with van der Waals surface area (Å²) in [4.78, 5) is 9.92. The maximum Gasteiger partial charge on any atom is 0.204 e. The lowest BCUT2D eigenvalue weighted by molar-refractivity contribution is 0.951. The Morgan fingerprint density at radius 3 is 2.41 bits per heavy atom. The maximum absolute atomic E-state index is 7.64. The van der Waals surface area contributed by atoms with Gasteiger partial charge in [0, 0.05) is 0 Å². The van der Waals surface area contributed by atoms with Crippen LogP contribution in [0.5, 0.6) is 0 Å². The third-order valence-electron chi connectivity index (χ3n) is 2.87. The summed E-state index contributed by atoms with van der Waals surface area (Å²) < 4.78 is 1.27. The molecule has 17 heavy (non-hydrogen) atoms. The van der Waals surface area contributed by atoms with E-state index in [-0.39, 0.29) is 4.80 Å². The molecule has 0 aliphatic carbocycles. The van der Waals surface area contributed by atoms with E-state index >= 15 is 0 Å². The van der Waals surface area contributed by atoms with Crippen molar-refractivity contribution in [3.63, 3.8) is 0 Å². The van der Waals surface area contributed by atoms with Gasteiger partial charge in [-0.1, -0.05) is 11.3 Å². The van der Waals surface area contributed by atoms with Crippen LogP contribution in [0.1, 0.15) is 11.1 Å². The zero-order valence-corrected chi connectivity index (χ0v) is 10.3. The highest BCUT2D eigenvalue weighted by atomic mass is 32.1. The molecule has 0 atom stereocenters. The largest absolute Gasteiger partial charge is 0.335 e. The average Bonchev–Trinajstić information content (AvgIpc) is 2.54. The monoisotopic (exact) mass is 245 g/mol. The first kappa shape index (κ1) is 10.2. The number of fused-ring (bicyclic) bond motifs is 2. The van der Waals surface area contributed by atoms with Crippen molar-refractivity contribution in [2.24, 2.45) is 0 Å². The van der Waals surface area contributed by atoms with Crippen molar-refractivity contribution in [1.82, 2.24) is 14.6 Å². The molecule has 0 unspecified atom stereocenters. The van der Waals surface area contributed by atoms with Crippen molar-refractivity contribution in [3.05, 3.63) is 28.1 Å². The molecule has 0 radical (unpaired) electrons. The maximum atomic E-state index is 7.64. The molecule has 86 valence electrons. The van der Waals surface area contributed by atoms with Gasteiger partial charge >= 0.3 is 0 Å². The van der Waals surface area contributed by atoms with Gasteiger partial charge < -0.3 is 5.84 Å². The van der Waals surface area contributed by atoms with E-state index in [1.54, 1.807) is 0 Å². The number of hydrogen-bond donors (Lipinski definition) is 2. The van der Waals surface area contributed by atoms with Crippen LogP contribution in [-0.2, 0) is 0 Å². The van der Waals surface area contributed by atoms with Crippen LogP contribution in [0.25, 0.3) is 21.5 Å². The predicted molar refractivity (Wildman–Crippen MR) is 68.4 cm³/mol. The van der Waals surface area contributed by atoms with Gasteiger partial charge in [0.05, 0.1) is 11.0 Å². The van der Waals surface area contributed by atoms with Crippen LogP contribution < -0.4 is 10.6 Å². The number of nitrogens with two attached hydrogens (primary N) is 1. The van der Waals surface area contributed by atoms with Gasteiger partial charge in [0.25, 0.3) is 0 Å². The molecule has 0 bridgehead atoms. The quantitative estimate of drug-likeness (QED) is 0.588. The van der Waals surface area contributed by atoms with E-state index in [0.717, 1.165) is 11.0 Å². The lowest BCUT2D eigenvalue weighted by Gasteiger charge is -2.03. The van der Waals surface area contributed by atoms with E-state index in [1.165, 1.54) is 27.1 Å². The normalized spacial score (nSPS) is 11.4. The average molecular weight is 245 g/mol. The van der Waals surface area contributed by atoms with Crippen LogP contribution in [0.2, 0.25) is 0 Å². The Bertz CT molecular complexity index is 799. The molecule has 3 aromatic rings. The minimum absolute atomic E-state index is 0.253. The van der Waals surface area contributed by atoms with Crippen LogP contribution in [0.3, 0.4) is 0 Å². The van der Waals surface area contributed by atoms with Crippen molar-refractivity contribution in [2.45, 2.75) is 13.8 Å². The van der Waals surface area contributed by atoms with E-state index < -0.39 is 0 Å². The van der Waals surface area contributed by atoms with E-state index in [0.29, 0.717) is 10.5 Å². The molecule has 2 heterocycles. The second-order valence-electron chi connectivity index (χ2n) is 4.05. The third kappa shape index (κ3) is 1.41. The molecule has 0 aliphatic rings. The summed E-state index contributed by atoms with van der Waals surface area (Å²) in [5, 5.41) is 7.64. The van der Waals surface area contributed by atoms with Crippen molar-refractivity contribution < 1.29 is 0 Å². The smallest absolute Gasteiger partial charge is 0.204 e. The summed E-state index contributed by atoms with van der Waals surface area (Å²) in [6.45, 7) is 4.09. The first-order chi connectivity index (χ1) is 8.06. The Labute approximate surface area is 101 Å². The molecule has 0 aliphatic heterocycles. The SMILES string of the molecule is Cc1cc2nc3sc(=N)n(N)c3nc2cc1C. The Balaban J connectivity index is 2.52. The van der Waals surface area contributed by atoms with E-state index in [4.69, 9.17) is 11.3 Å². The van der Waals surface area contributed by atoms with Gasteiger partial charge in [-0.25, -0.2) is 14.6 Å². The highest BCUT2D eigenvalue weighted by Crippen LogP contribution is 2.20. The number of nitrogen functional groups attached to an aromatic ring is 1. The fraction of sp³-hybridized carbons (Fsp3) is 0.182. The summed E-state index contributed by atoms with van der Waals surface area (Å²) in [5.74, 6) is 5.73. The summed E-state index contributed by atoms with van der Waals surface area (Å²) in [7, 11) is 0. The molecule has 0 spiro atoms. The van der Waals surface area contributed by atoms with E-state index in [2.05, 4.69) is 9.97 Å². The second kappa shape index (κ2) is 3.27. The van der Waals surface area contributed by atoms with Crippen molar-refractivity contribution in [2.75, 3.05) is 5.84 Å². The molecule has 0 fully saturated rings. The number of benzene rings is 1. The minimum atomic E-state index is 0.253. The Kier molecular flexibility index (Phi) is 1.97. The molecular weight excluding hydrogens is 234 g/mol. The van der Waals surface area contributed by atoms with Gasteiger partial charge in [-0.3, -0.25) is 5.41 Å². The molecule has 0 amide bonds. The fourth-order valence-corrected chi connectivity index (χ4v) is 2.50. The van der Waals surface area contributed by atoms with Crippen molar-refractivity contribution in [3.8, 4) is 0 Å². The molecular formula is C11H11N5S. The van der Waals surface area contributed by atoms with Crippen LogP contribution in [-0.4, -0.2) is 14.6 Å². The molecule has 3 rings (SSSR count). The van der Waals surface area contributed by atoms with Crippen molar-refractivity contribution in [1.29, 1.82) is 5.41 Å².